The highest BCUT2D eigenvalue weighted by molar-refractivity contribution is 5.95. The number of carbonyl (C=O) groups excluding carboxylic acids is 2. The first-order valence-corrected chi connectivity index (χ1v) is 7.94. The van der Waals surface area contributed by atoms with Crippen LogP contribution in [0.25, 0.3) is 0 Å². The molecule has 0 aromatic carbocycles. The number of carbonyl (C=O) groups is 3. The van der Waals surface area contributed by atoms with Gasteiger partial charge < -0.3 is 19.9 Å². The molecule has 24 heavy (non-hydrogen) atoms. The predicted octanol–water partition coefficient (Wildman–Crippen LogP) is 1.53. The number of likely N-dealkylation sites (tertiary alicyclic amines) is 1. The molecule has 2 unspecified atom stereocenters. The first-order valence-electron chi connectivity index (χ1n) is 7.94. The molecule has 1 aliphatic heterocycles. The van der Waals surface area contributed by atoms with Crippen molar-refractivity contribution in [2.75, 3.05) is 6.54 Å². The summed E-state index contributed by atoms with van der Waals surface area (Å²) in [6.45, 7) is 10.0. The number of hydrogen-bond donors (Lipinski definition) is 2. The Morgan fingerprint density at radius 2 is 2.04 bits per heavy atom. The number of amides is 2. The highest BCUT2D eigenvalue weighted by Crippen LogP contribution is 2.34. The number of hydrogen-bond acceptors (Lipinski definition) is 4. The van der Waals surface area contributed by atoms with E-state index in [-0.39, 0.29) is 35.8 Å². The van der Waals surface area contributed by atoms with Gasteiger partial charge in [0.15, 0.2) is 12.1 Å². The lowest BCUT2D eigenvalue weighted by Crippen LogP contribution is -2.71. The summed E-state index contributed by atoms with van der Waals surface area (Å²) in [5, 5.41) is 12.2. The molecule has 1 aromatic heterocycles. The molecule has 132 valence electrons. The highest BCUT2D eigenvalue weighted by Gasteiger charge is 2.49. The molecule has 1 saturated heterocycles. The zero-order valence-corrected chi connectivity index (χ0v) is 14.7. The van der Waals surface area contributed by atoms with Crippen LogP contribution < -0.4 is 5.32 Å². The molecule has 1 aromatic rings. The lowest BCUT2D eigenvalue weighted by atomic mass is 9.76. The molecule has 2 atom stereocenters. The zero-order valence-electron chi connectivity index (χ0n) is 14.7. The number of nitrogens with zero attached hydrogens (tertiary/aromatic N) is 3. The maximum absolute atomic E-state index is 12.7. The van der Waals surface area contributed by atoms with E-state index >= 15 is 0 Å². The Labute approximate surface area is 140 Å². The van der Waals surface area contributed by atoms with Gasteiger partial charge in [0, 0.05) is 13.1 Å². The van der Waals surface area contributed by atoms with Gasteiger partial charge >= 0.3 is 6.09 Å². The van der Waals surface area contributed by atoms with Gasteiger partial charge in [-0.25, -0.2) is 9.78 Å². The quantitative estimate of drug-likeness (QED) is 0.811. The second-order valence-corrected chi connectivity index (χ2v) is 7.09. The van der Waals surface area contributed by atoms with Gasteiger partial charge in [0.1, 0.15) is 5.69 Å². The Morgan fingerprint density at radius 3 is 2.50 bits per heavy atom. The Hall–Kier alpha value is -2.38. The van der Waals surface area contributed by atoms with Crippen molar-refractivity contribution < 1.29 is 19.5 Å². The minimum atomic E-state index is -0.988. The number of aromatic nitrogens is 2. The van der Waals surface area contributed by atoms with Gasteiger partial charge in [-0.15, -0.1) is 0 Å². The molecule has 0 aliphatic carbocycles. The standard InChI is InChI=1S/C16H24N4O4/c1-6-19-11(8-21)17-9(2)12(19)14(22)18-10-7-20(15(23)24)13(10)16(3,4)5/h8,10,13H,6-7H2,1-5H3,(H,18,22)(H,23,24). The van der Waals surface area contributed by atoms with Crippen molar-refractivity contribution in [3.8, 4) is 0 Å². The second-order valence-electron chi connectivity index (χ2n) is 7.09. The van der Waals surface area contributed by atoms with Crippen LogP contribution in [0.3, 0.4) is 0 Å². The fraction of sp³-hybridized carbons (Fsp3) is 0.625. The molecule has 2 rings (SSSR count). The fourth-order valence-corrected chi connectivity index (χ4v) is 3.43. The summed E-state index contributed by atoms with van der Waals surface area (Å²) >= 11 is 0. The third kappa shape index (κ3) is 3.00. The molecule has 0 radical (unpaired) electrons. The largest absolute Gasteiger partial charge is 0.465 e. The lowest BCUT2D eigenvalue weighted by molar-refractivity contribution is -0.0108. The molecule has 0 saturated carbocycles. The molecule has 8 nitrogen and oxygen atoms in total. The van der Waals surface area contributed by atoms with Crippen LogP contribution in [-0.2, 0) is 6.54 Å². The Balaban J connectivity index is 2.23. The number of rotatable bonds is 4. The van der Waals surface area contributed by atoms with Gasteiger partial charge in [-0.2, -0.15) is 0 Å². The van der Waals surface area contributed by atoms with Crippen molar-refractivity contribution >= 4 is 18.3 Å². The molecule has 2 amide bonds. The summed E-state index contributed by atoms with van der Waals surface area (Å²) in [5.41, 5.74) is 0.530. The van der Waals surface area contributed by atoms with E-state index < -0.39 is 6.09 Å². The van der Waals surface area contributed by atoms with Crippen LogP contribution in [0.1, 0.15) is 54.5 Å². The van der Waals surface area contributed by atoms with Crippen LogP contribution in [-0.4, -0.2) is 56.5 Å². The first kappa shape index (κ1) is 18.0. The second kappa shape index (κ2) is 6.26. The topological polar surface area (TPSA) is 105 Å². The summed E-state index contributed by atoms with van der Waals surface area (Å²) in [7, 11) is 0. The normalized spacial score (nSPS) is 20.5. The Morgan fingerprint density at radius 1 is 1.42 bits per heavy atom. The zero-order chi connectivity index (χ0) is 18.2. The van der Waals surface area contributed by atoms with Crippen molar-refractivity contribution in [1.29, 1.82) is 0 Å². The van der Waals surface area contributed by atoms with E-state index in [2.05, 4.69) is 10.3 Å². The Bertz CT molecular complexity index is 674. The van der Waals surface area contributed by atoms with Crippen LogP contribution in [0, 0.1) is 12.3 Å². The van der Waals surface area contributed by atoms with Crippen molar-refractivity contribution in [2.24, 2.45) is 5.41 Å². The number of aryl methyl sites for hydroxylation is 1. The molecule has 2 heterocycles. The van der Waals surface area contributed by atoms with E-state index in [0.717, 1.165) is 0 Å². The molecular weight excluding hydrogens is 312 g/mol. The minimum absolute atomic E-state index is 0.216. The molecule has 1 fully saturated rings. The van der Waals surface area contributed by atoms with E-state index in [0.29, 0.717) is 24.2 Å². The number of nitrogens with one attached hydrogen (secondary N) is 1. The van der Waals surface area contributed by atoms with Crippen molar-refractivity contribution in [3.63, 3.8) is 0 Å². The number of aldehydes is 1. The summed E-state index contributed by atoms with van der Waals surface area (Å²) in [4.78, 5) is 40.5. The maximum atomic E-state index is 12.7. The van der Waals surface area contributed by atoms with Crippen LogP contribution in [0.2, 0.25) is 0 Å². The van der Waals surface area contributed by atoms with Gasteiger partial charge in [0.2, 0.25) is 0 Å². The third-order valence-corrected chi connectivity index (χ3v) is 4.37. The monoisotopic (exact) mass is 336 g/mol. The summed E-state index contributed by atoms with van der Waals surface area (Å²) < 4.78 is 1.57. The summed E-state index contributed by atoms with van der Waals surface area (Å²) in [6, 6.07) is -0.573. The van der Waals surface area contributed by atoms with Crippen LogP contribution in [0.5, 0.6) is 0 Å². The molecule has 0 spiro atoms. The van der Waals surface area contributed by atoms with Crippen LogP contribution in [0.15, 0.2) is 0 Å². The van der Waals surface area contributed by atoms with Gasteiger partial charge in [0.25, 0.3) is 5.91 Å². The van der Waals surface area contributed by atoms with Gasteiger partial charge in [-0.1, -0.05) is 20.8 Å². The molecule has 0 bridgehead atoms. The Kier molecular flexibility index (Phi) is 4.68. The lowest BCUT2D eigenvalue weighted by Gasteiger charge is -2.52. The predicted molar refractivity (Wildman–Crippen MR) is 87.3 cm³/mol. The molecule has 2 N–H and O–H groups in total. The number of imidazole rings is 1. The van der Waals surface area contributed by atoms with E-state index in [4.69, 9.17) is 0 Å². The highest BCUT2D eigenvalue weighted by atomic mass is 16.4. The van der Waals surface area contributed by atoms with Gasteiger partial charge in [0.05, 0.1) is 17.8 Å². The van der Waals surface area contributed by atoms with Crippen molar-refractivity contribution in [2.45, 2.75) is 53.2 Å². The van der Waals surface area contributed by atoms with Crippen LogP contribution in [0.4, 0.5) is 4.79 Å². The third-order valence-electron chi connectivity index (χ3n) is 4.37. The molecule has 1 aliphatic rings. The first-order chi connectivity index (χ1) is 11.1. The van der Waals surface area contributed by atoms with Crippen LogP contribution >= 0.6 is 0 Å². The SMILES string of the molecule is CCn1c(C=O)nc(C)c1C(=O)NC1CN(C(=O)O)C1C(C)(C)C. The average Bonchev–Trinajstić information content (AvgIpc) is 2.76. The fourth-order valence-electron chi connectivity index (χ4n) is 3.43. The smallest absolute Gasteiger partial charge is 0.407 e. The summed E-state index contributed by atoms with van der Waals surface area (Å²) in [6.07, 6.45) is -0.362. The average molecular weight is 336 g/mol. The summed E-state index contributed by atoms with van der Waals surface area (Å²) in [5.74, 6) is -0.118. The number of carboxylic acid groups (broad SMARTS) is 1. The van der Waals surface area contributed by atoms with Crippen molar-refractivity contribution in [3.05, 3.63) is 17.2 Å². The van der Waals surface area contributed by atoms with E-state index in [1.54, 1.807) is 11.5 Å². The van der Waals surface area contributed by atoms with E-state index in [1.807, 2.05) is 27.7 Å². The van der Waals surface area contributed by atoms with Gasteiger partial charge in [-0.3, -0.25) is 9.59 Å². The van der Waals surface area contributed by atoms with E-state index in [9.17, 15) is 19.5 Å². The van der Waals surface area contributed by atoms with Crippen molar-refractivity contribution in [1.82, 2.24) is 19.8 Å². The van der Waals surface area contributed by atoms with Gasteiger partial charge in [-0.05, 0) is 19.3 Å². The molecule has 8 heteroatoms. The van der Waals surface area contributed by atoms with E-state index in [1.165, 1.54) is 4.90 Å². The minimum Gasteiger partial charge on any atom is -0.465 e. The maximum Gasteiger partial charge on any atom is 0.407 e. The molecular formula is C16H24N4O4.